The molecule has 5 heteroatoms. The zero-order valence-electron chi connectivity index (χ0n) is 20.4. The number of fused-ring (bicyclic) bond motifs is 5. The number of hydrogen-bond acceptors (Lipinski definition) is 3. The average molecular weight is 459 g/mol. The molecule has 3 N–H and O–H groups in total. The first-order valence-corrected chi connectivity index (χ1v) is 13.1. The standard InChI is InChI=1S/C28H40F2N2O/c1-16-10-12-27(2)17(14-16)4-5-18-19-6-7-21(28(19,3)13-11-20(18)27)24(33)15-32-23-9-8-22(29)25(30)26(23)31/h8-9,16-21,32H,4-7,10-15,31H2,1-3H3/t16-,17?,18-,19?,20?,21+,27-,28-/m0/s1. The van der Waals surface area contributed by atoms with Crippen molar-refractivity contribution >= 4 is 17.2 Å². The largest absolute Gasteiger partial charge is 0.395 e. The molecule has 1 aromatic carbocycles. The van der Waals surface area contributed by atoms with Gasteiger partial charge in [0.05, 0.1) is 17.9 Å². The second-order valence-electron chi connectivity index (χ2n) is 12.4. The van der Waals surface area contributed by atoms with E-state index in [0.717, 1.165) is 49.0 Å². The SMILES string of the molecule is C[C@H]1CC[C@@]2(C)C(CC[C@@H]3C2CC[C@@]2(C)C3CC[C@@H]2C(=O)CNc2ccc(F)c(F)c2N)C1. The van der Waals surface area contributed by atoms with Crippen LogP contribution in [0, 0.1) is 58.0 Å². The van der Waals surface area contributed by atoms with Gasteiger partial charge in [-0.2, -0.15) is 0 Å². The van der Waals surface area contributed by atoms with E-state index in [-0.39, 0.29) is 29.3 Å². The van der Waals surface area contributed by atoms with Crippen LogP contribution in [-0.4, -0.2) is 12.3 Å². The van der Waals surface area contributed by atoms with Crippen LogP contribution in [0.1, 0.15) is 78.6 Å². The number of halogens is 2. The Bertz CT molecular complexity index is 935. The summed E-state index contributed by atoms with van der Waals surface area (Å²) >= 11 is 0. The van der Waals surface area contributed by atoms with Gasteiger partial charge in [0.2, 0.25) is 0 Å². The monoisotopic (exact) mass is 458 g/mol. The van der Waals surface area contributed by atoms with Crippen LogP contribution in [0.5, 0.6) is 0 Å². The van der Waals surface area contributed by atoms with Gasteiger partial charge in [-0.15, -0.1) is 0 Å². The molecule has 0 aromatic heterocycles. The van der Waals surface area contributed by atoms with E-state index in [0.29, 0.717) is 17.0 Å². The van der Waals surface area contributed by atoms with E-state index in [1.165, 1.54) is 44.6 Å². The number of nitrogens with two attached hydrogens (primary N) is 1. The molecule has 1 aromatic rings. The van der Waals surface area contributed by atoms with Gasteiger partial charge in [0.15, 0.2) is 17.4 Å². The molecule has 4 aliphatic rings. The zero-order valence-corrected chi connectivity index (χ0v) is 20.4. The predicted molar refractivity (Wildman–Crippen MR) is 129 cm³/mol. The molecular formula is C28H40F2N2O. The van der Waals surface area contributed by atoms with Gasteiger partial charge >= 0.3 is 0 Å². The smallest absolute Gasteiger partial charge is 0.183 e. The Morgan fingerprint density at radius 1 is 1.03 bits per heavy atom. The third kappa shape index (κ3) is 3.60. The van der Waals surface area contributed by atoms with Crippen molar-refractivity contribution in [3.05, 3.63) is 23.8 Å². The van der Waals surface area contributed by atoms with Crippen molar-refractivity contribution in [3.8, 4) is 0 Å². The zero-order chi connectivity index (χ0) is 23.5. The van der Waals surface area contributed by atoms with Crippen molar-refractivity contribution in [2.24, 2.45) is 46.3 Å². The van der Waals surface area contributed by atoms with E-state index in [9.17, 15) is 13.6 Å². The topological polar surface area (TPSA) is 55.1 Å². The molecule has 0 radical (unpaired) electrons. The predicted octanol–water partition coefficient (Wildman–Crippen LogP) is 6.82. The molecule has 0 aliphatic heterocycles. The number of anilines is 2. The summed E-state index contributed by atoms with van der Waals surface area (Å²) < 4.78 is 27.2. The summed E-state index contributed by atoms with van der Waals surface area (Å²) in [5, 5.41) is 2.99. The Morgan fingerprint density at radius 2 is 1.76 bits per heavy atom. The van der Waals surface area contributed by atoms with Crippen molar-refractivity contribution in [1.82, 2.24) is 0 Å². The van der Waals surface area contributed by atoms with Crippen LogP contribution in [0.4, 0.5) is 20.2 Å². The highest BCUT2D eigenvalue weighted by atomic mass is 19.2. The quantitative estimate of drug-likeness (QED) is 0.487. The highest BCUT2D eigenvalue weighted by Gasteiger charge is 2.60. The molecule has 8 atom stereocenters. The fourth-order valence-corrected chi connectivity index (χ4v) is 9.03. The van der Waals surface area contributed by atoms with Gasteiger partial charge in [-0.1, -0.05) is 27.2 Å². The maximum absolute atomic E-state index is 13.8. The summed E-state index contributed by atoms with van der Waals surface area (Å²) in [5.74, 6) is 2.17. The van der Waals surface area contributed by atoms with Crippen LogP contribution < -0.4 is 11.1 Å². The molecular weight excluding hydrogens is 418 g/mol. The molecule has 4 fully saturated rings. The minimum atomic E-state index is -1.06. The summed E-state index contributed by atoms with van der Waals surface area (Å²) in [5.41, 5.74) is 6.30. The lowest BCUT2D eigenvalue weighted by Gasteiger charge is -2.61. The highest BCUT2D eigenvalue weighted by molar-refractivity contribution is 5.87. The van der Waals surface area contributed by atoms with Crippen molar-refractivity contribution in [2.75, 3.05) is 17.6 Å². The molecule has 0 bridgehead atoms. The fraction of sp³-hybridized carbons (Fsp3) is 0.750. The second kappa shape index (κ2) is 8.23. The first-order chi connectivity index (χ1) is 15.6. The van der Waals surface area contributed by atoms with Gasteiger partial charge in [-0.3, -0.25) is 4.79 Å². The maximum atomic E-state index is 13.8. The summed E-state index contributed by atoms with van der Waals surface area (Å²) in [7, 11) is 0. The normalized spacial score (nSPS) is 42.2. The van der Waals surface area contributed by atoms with E-state index >= 15 is 0 Å². The van der Waals surface area contributed by atoms with Crippen molar-refractivity contribution in [2.45, 2.75) is 78.6 Å². The van der Waals surface area contributed by atoms with Gasteiger partial charge in [0.1, 0.15) is 0 Å². The van der Waals surface area contributed by atoms with E-state index in [1.54, 1.807) is 0 Å². The van der Waals surface area contributed by atoms with E-state index in [2.05, 4.69) is 26.1 Å². The number of carbonyl (C=O) groups is 1. The summed E-state index contributed by atoms with van der Waals surface area (Å²) in [6, 6.07) is 2.46. The minimum absolute atomic E-state index is 0.0411. The van der Waals surface area contributed by atoms with Crippen LogP contribution in [0.2, 0.25) is 0 Å². The lowest BCUT2D eigenvalue weighted by molar-refractivity contribution is -0.135. The minimum Gasteiger partial charge on any atom is -0.395 e. The second-order valence-corrected chi connectivity index (χ2v) is 12.4. The number of carbonyl (C=O) groups excluding carboxylic acids is 1. The van der Waals surface area contributed by atoms with Gasteiger partial charge in [-0.25, -0.2) is 8.78 Å². The molecule has 4 aliphatic carbocycles. The van der Waals surface area contributed by atoms with E-state index in [1.807, 2.05) is 0 Å². The van der Waals surface area contributed by atoms with Crippen molar-refractivity contribution < 1.29 is 13.6 Å². The lowest BCUT2D eigenvalue weighted by Crippen LogP contribution is -2.53. The van der Waals surface area contributed by atoms with Crippen LogP contribution in [0.25, 0.3) is 0 Å². The van der Waals surface area contributed by atoms with Crippen LogP contribution >= 0.6 is 0 Å². The number of ketones is 1. The Morgan fingerprint density at radius 3 is 2.55 bits per heavy atom. The third-order valence-corrected chi connectivity index (χ3v) is 10.9. The number of rotatable bonds is 4. The summed E-state index contributed by atoms with van der Waals surface area (Å²) in [4.78, 5) is 13.4. The van der Waals surface area contributed by atoms with Crippen LogP contribution in [-0.2, 0) is 4.79 Å². The molecule has 5 rings (SSSR count). The Hall–Kier alpha value is -1.65. The molecule has 0 spiro atoms. The summed E-state index contributed by atoms with van der Waals surface area (Å²) in [6.07, 6.45) is 11.4. The summed E-state index contributed by atoms with van der Waals surface area (Å²) in [6.45, 7) is 7.51. The number of Topliss-reactive ketones (excluding diaryl/α,β-unsaturated/α-hetero) is 1. The van der Waals surface area contributed by atoms with Gasteiger partial charge < -0.3 is 11.1 Å². The molecule has 0 saturated heterocycles. The first kappa shape index (κ1) is 23.1. The first-order valence-electron chi connectivity index (χ1n) is 13.1. The van der Waals surface area contributed by atoms with Crippen molar-refractivity contribution in [1.29, 1.82) is 0 Å². The van der Waals surface area contributed by atoms with Crippen LogP contribution in [0.3, 0.4) is 0 Å². The Kier molecular flexibility index (Phi) is 5.77. The fourth-order valence-electron chi connectivity index (χ4n) is 9.03. The molecule has 3 unspecified atom stereocenters. The molecule has 182 valence electrons. The number of nitrogens with one attached hydrogen (secondary N) is 1. The van der Waals surface area contributed by atoms with E-state index in [4.69, 9.17) is 5.73 Å². The Balaban J connectivity index is 1.29. The number of nitrogen functional groups attached to an aromatic ring is 1. The lowest BCUT2D eigenvalue weighted by atomic mass is 9.44. The van der Waals surface area contributed by atoms with Crippen molar-refractivity contribution in [3.63, 3.8) is 0 Å². The van der Waals surface area contributed by atoms with Gasteiger partial charge in [0, 0.05) is 5.92 Å². The highest BCUT2D eigenvalue weighted by Crippen LogP contribution is 2.67. The number of benzene rings is 1. The van der Waals surface area contributed by atoms with Gasteiger partial charge in [-0.05, 0) is 104 Å². The van der Waals surface area contributed by atoms with Crippen LogP contribution in [0.15, 0.2) is 12.1 Å². The Labute approximate surface area is 197 Å². The molecule has 4 saturated carbocycles. The average Bonchev–Trinajstić information content (AvgIpc) is 3.14. The maximum Gasteiger partial charge on any atom is 0.183 e. The molecule has 0 heterocycles. The van der Waals surface area contributed by atoms with Gasteiger partial charge in [0.25, 0.3) is 0 Å². The molecule has 0 amide bonds. The number of hydrogen-bond donors (Lipinski definition) is 2. The van der Waals surface area contributed by atoms with E-state index < -0.39 is 11.6 Å². The molecule has 33 heavy (non-hydrogen) atoms. The molecule has 3 nitrogen and oxygen atoms in total. The third-order valence-electron chi connectivity index (χ3n) is 10.9.